The molecule has 0 spiro atoms. The van der Waals surface area contributed by atoms with E-state index >= 15 is 0 Å². The molecule has 2 rings (SSSR count). The van der Waals surface area contributed by atoms with E-state index in [1.54, 1.807) is 0 Å². The summed E-state index contributed by atoms with van der Waals surface area (Å²) in [6.45, 7) is 0. The van der Waals surface area contributed by atoms with Gasteiger partial charge in [-0.2, -0.15) is 13.2 Å². The maximum atomic E-state index is 13.4. The van der Waals surface area contributed by atoms with Crippen molar-refractivity contribution < 1.29 is 17.6 Å². The van der Waals surface area contributed by atoms with Gasteiger partial charge in [0.2, 0.25) is 0 Å². The van der Waals surface area contributed by atoms with Crippen molar-refractivity contribution in [1.29, 1.82) is 0 Å². The van der Waals surface area contributed by atoms with E-state index in [-0.39, 0.29) is 0 Å². The Hall–Kier alpha value is -1.10. The van der Waals surface area contributed by atoms with E-state index in [1.165, 1.54) is 6.07 Å². The van der Waals surface area contributed by atoms with Crippen LogP contribution >= 0.6 is 0 Å². The zero-order valence-corrected chi connectivity index (χ0v) is 9.15. The van der Waals surface area contributed by atoms with Gasteiger partial charge in [0.05, 0.1) is 5.56 Å². The zero-order chi connectivity index (χ0) is 12.7. The van der Waals surface area contributed by atoms with Crippen LogP contribution in [0.4, 0.5) is 17.6 Å². The minimum Gasteiger partial charge on any atom is -0.321 e. The molecular weight excluding hydrogens is 234 g/mol. The van der Waals surface area contributed by atoms with E-state index in [0.29, 0.717) is 18.4 Å². The summed E-state index contributed by atoms with van der Waals surface area (Å²) in [4.78, 5) is 0. The molecule has 0 aromatic heterocycles. The van der Waals surface area contributed by atoms with Crippen LogP contribution in [-0.2, 0) is 11.7 Å². The highest BCUT2D eigenvalue weighted by atomic mass is 19.4. The number of benzene rings is 1. The second kappa shape index (κ2) is 3.98. The molecule has 5 heteroatoms. The van der Waals surface area contributed by atoms with Crippen molar-refractivity contribution in [3.63, 3.8) is 0 Å². The van der Waals surface area contributed by atoms with Crippen LogP contribution < -0.4 is 5.73 Å². The highest BCUT2D eigenvalue weighted by molar-refractivity contribution is 5.31. The maximum Gasteiger partial charge on any atom is 0.419 e. The van der Waals surface area contributed by atoms with E-state index in [9.17, 15) is 17.6 Å². The predicted molar refractivity (Wildman–Crippen MR) is 55.7 cm³/mol. The van der Waals surface area contributed by atoms with Crippen molar-refractivity contribution in [3.05, 3.63) is 35.1 Å². The van der Waals surface area contributed by atoms with Crippen LogP contribution in [0.15, 0.2) is 18.2 Å². The van der Waals surface area contributed by atoms with E-state index in [1.807, 2.05) is 0 Å². The van der Waals surface area contributed by atoms with Crippen LogP contribution in [0.3, 0.4) is 0 Å². The summed E-state index contributed by atoms with van der Waals surface area (Å²) >= 11 is 0. The van der Waals surface area contributed by atoms with E-state index in [4.69, 9.17) is 5.73 Å². The second-order valence-corrected chi connectivity index (χ2v) is 4.56. The molecule has 0 aliphatic heterocycles. The van der Waals surface area contributed by atoms with Gasteiger partial charge in [0.1, 0.15) is 5.82 Å². The largest absolute Gasteiger partial charge is 0.419 e. The highest BCUT2D eigenvalue weighted by Gasteiger charge is 2.36. The average molecular weight is 247 g/mol. The van der Waals surface area contributed by atoms with Crippen LogP contribution in [0.1, 0.15) is 36.8 Å². The second-order valence-electron chi connectivity index (χ2n) is 4.56. The van der Waals surface area contributed by atoms with Crippen LogP contribution in [0, 0.1) is 5.82 Å². The number of halogens is 4. The molecule has 2 N–H and O–H groups in total. The van der Waals surface area contributed by atoms with Gasteiger partial charge in [-0.25, -0.2) is 4.39 Å². The molecule has 17 heavy (non-hydrogen) atoms. The number of alkyl halides is 3. The lowest BCUT2D eigenvalue weighted by atomic mass is 9.88. The van der Waals surface area contributed by atoms with Crippen molar-refractivity contribution in [1.82, 2.24) is 0 Å². The van der Waals surface area contributed by atoms with E-state index in [0.717, 1.165) is 25.0 Å². The molecule has 1 nitrogen and oxygen atoms in total. The third-order valence-corrected chi connectivity index (χ3v) is 3.35. The fraction of sp³-hybridized carbons (Fsp3) is 0.500. The number of hydrogen-bond donors (Lipinski definition) is 1. The number of hydrogen-bond acceptors (Lipinski definition) is 1. The standard InChI is InChI=1S/C12H13F4N/c13-10-7-8(11(17)5-1-2-6-11)3-4-9(10)12(14,15)16/h3-4,7H,1-2,5-6,17H2. The Kier molecular flexibility index (Phi) is 2.89. The Bertz CT molecular complexity index is 419. The van der Waals surface area contributed by atoms with E-state index < -0.39 is 23.1 Å². The fourth-order valence-corrected chi connectivity index (χ4v) is 2.35. The first-order valence-electron chi connectivity index (χ1n) is 5.49. The summed E-state index contributed by atoms with van der Waals surface area (Å²) in [5, 5.41) is 0. The summed E-state index contributed by atoms with van der Waals surface area (Å²) in [5.41, 5.74) is 4.62. The maximum absolute atomic E-state index is 13.4. The topological polar surface area (TPSA) is 26.0 Å². The Morgan fingerprint density at radius 3 is 2.18 bits per heavy atom. The lowest BCUT2D eigenvalue weighted by molar-refractivity contribution is -0.140. The normalized spacial score (nSPS) is 19.6. The SMILES string of the molecule is NC1(c2ccc(C(F)(F)F)c(F)c2)CCCC1. The third kappa shape index (κ3) is 2.29. The molecular formula is C12H13F4N. The van der Waals surface area contributed by atoms with Crippen molar-refractivity contribution in [3.8, 4) is 0 Å². The monoisotopic (exact) mass is 247 g/mol. The molecule has 1 aliphatic carbocycles. The van der Waals surface area contributed by atoms with Crippen molar-refractivity contribution in [2.45, 2.75) is 37.4 Å². The third-order valence-electron chi connectivity index (χ3n) is 3.35. The summed E-state index contributed by atoms with van der Waals surface area (Å²) < 4.78 is 50.5. The summed E-state index contributed by atoms with van der Waals surface area (Å²) in [7, 11) is 0. The molecule has 0 atom stereocenters. The molecule has 1 saturated carbocycles. The molecule has 1 aromatic rings. The Morgan fingerprint density at radius 2 is 1.71 bits per heavy atom. The molecule has 1 fully saturated rings. The van der Waals surface area contributed by atoms with E-state index in [2.05, 4.69) is 0 Å². The number of nitrogens with two attached hydrogens (primary N) is 1. The fourth-order valence-electron chi connectivity index (χ4n) is 2.35. The van der Waals surface area contributed by atoms with Crippen LogP contribution in [0.5, 0.6) is 0 Å². The van der Waals surface area contributed by atoms with Gasteiger partial charge in [0.25, 0.3) is 0 Å². The lowest BCUT2D eigenvalue weighted by Gasteiger charge is -2.24. The predicted octanol–water partition coefficient (Wildman–Crippen LogP) is 3.57. The smallest absolute Gasteiger partial charge is 0.321 e. The highest BCUT2D eigenvalue weighted by Crippen LogP contribution is 2.38. The first-order chi connectivity index (χ1) is 7.83. The van der Waals surface area contributed by atoms with Crippen molar-refractivity contribution in [2.75, 3.05) is 0 Å². The van der Waals surface area contributed by atoms with Gasteiger partial charge in [-0.15, -0.1) is 0 Å². The van der Waals surface area contributed by atoms with Gasteiger partial charge in [-0.1, -0.05) is 18.9 Å². The molecule has 0 unspecified atom stereocenters. The first kappa shape index (κ1) is 12.4. The van der Waals surface area contributed by atoms with Gasteiger partial charge in [-0.05, 0) is 30.5 Å². The molecule has 1 aromatic carbocycles. The summed E-state index contributed by atoms with van der Waals surface area (Å²) in [6, 6.07) is 2.99. The molecule has 0 saturated heterocycles. The molecule has 1 aliphatic rings. The summed E-state index contributed by atoms with van der Waals surface area (Å²) in [5.74, 6) is -1.24. The number of rotatable bonds is 1. The average Bonchev–Trinajstić information content (AvgIpc) is 2.64. The minimum atomic E-state index is -4.65. The molecule has 0 radical (unpaired) electrons. The Balaban J connectivity index is 2.37. The molecule has 0 heterocycles. The van der Waals surface area contributed by atoms with Gasteiger partial charge < -0.3 is 5.73 Å². The summed E-state index contributed by atoms with van der Waals surface area (Å²) in [6.07, 6.45) is -1.41. The lowest BCUT2D eigenvalue weighted by Crippen LogP contribution is -2.33. The molecule has 0 amide bonds. The first-order valence-corrected chi connectivity index (χ1v) is 5.49. The van der Waals surface area contributed by atoms with Gasteiger partial charge >= 0.3 is 6.18 Å². The van der Waals surface area contributed by atoms with Crippen molar-refractivity contribution in [2.24, 2.45) is 5.73 Å². The minimum absolute atomic E-state index is 0.459. The Labute approximate surface area is 96.6 Å². The van der Waals surface area contributed by atoms with Crippen LogP contribution in [-0.4, -0.2) is 0 Å². The molecule has 94 valence electrons. The van der Waals surface area contributed by atoms with Crippen LogP contribution in [0.2, 0.25) is 0 Å². The van der Waals surface area contributed by atoms with Gasteiger partial charge in [0.15, 0.2) is 0 Å². The molecule has 0 bridgehead atoms. The van der Waals surface area contributed by atoms with Crippen LogP contribution in [0.25, 0.3) is 0 Å². The zero-order valence-electron chi connectivity index (χ0n) is 9.15. The van der Waals surface area contributed by atoms with Gasteiger partial charge in [0, 0.05) is 5.54 Å². The quantitative estimate of drug-likeness (QED) is 0.754. The van der Waals surface area contributed by atoms with Gasteiger partial charge in [-0.3, -0.25) is 0 Å². The van der Waals surface area contributed by atoms with Crippen molar-refractivity contribution >= 4 is 0 Å². The Morgan fingerprint density at radius 1 is 1.12 bits per heavy atom.